The molecule has 0 bridgehead atoms. The smallest absolute Gasteiger partial charge is 0.168 e. The van der Waals surface area contributed by atoms with E-state index >= 15 is 0 Å². The monoisotopic (exact) mass is 248 g/mol. The Morgan fingerprint density at radius 2 is 2.06 bits per heavy atom. The maximum absolute atomic E-state index is 13.3. The van der Waals surface area contributed by atoms with Crippen LogP contribution in [0, 0.1) is 18.6 Å². The lowest BCUT2D eigenvalue weighted by Crippen LogP contribution is -2.08. The fourth-order valence-electron chi connectivity index (χ4n) is 1.74. The molecule has 0 aliphatic carbocycles. The molecule has 1 aromatic heterocycles. The van der Waals surface area contributed by atoms with E-state index in [0.717, 1.165) is 18.7 Å². The van der Waals surface area contributed by atoms with Crippen LogP contribution in [-0.4, -0.2) is 11.5 Å². The topological polar surface area (TPSA) is 24.9 Å². The van der Waals surface area contributed by atoms with Crippen molar-refractivity contribution in [3.05, 3.63) is 59.3 Å². The first kappa shape index (κ1) is 12.5. The summed E-state index contributed by atoms with van der Waals surface area (Å²) in [5, 5.41) is 2.86. The van der Waals surface area contributed by atoms with E-state index in [1.54, 1.807) is 0 Å². The zero-order valence-electron chi connectivity index (χ0n) is 10.1. The molecule has 0 aliphatic rings. The third-order valence-corrected chi connectivity index (χ3v) is 2.60. The summed E-state index contributed by atoms with van der Waals surface area (Å²) in [4.78, 5) is 3.67. The van der Waals surface area contributed by atoms with Crippen LogP contribution in [0.5, 0.6) is 0 Å². The van der Waals surface area contributed by atoms with Gasteiger partial charge in [-0.25, -0.2) is 13.8 Å². The molecule has 0 spiro atoms. The highest BCUT2D eigenvalue weighted by atomic mass is 19.1. The highest BCUT2D eigenvalue weighted by molar-refractivity contribution is 5.36. The van der Waals surface area contributed by atoms with Crippen molar-refractivity contribution in [3.8, 4) is 0 Å². The Kier molecular flexibility index (Phi) is 3.87. The summed E-state index contributed by atoms with van der Waals surface area (Å²) >= 11 is 0. The zero-order chi connectivity index (χ0) is 13.0. The first-order chi connectivity index (χ1) is 8.65. The molecule has 1 N–H and O–H groups in total. The SMILES string of the molecule is Cc1cccc(CCNc2ncc(F)cc2F)c1. The third kappa shape index (κ3) is 3.26. The van der Waals surface area contributed by atoms with Crippen LogP contribution in [0.1, 0.15) is 11.1 Å². The lowest BCUT2D eigenvalue weighted by Gasteiger charge is -2.07. The van der Waals surface area contributed by atoms with Crippen LogP contribution in [-0.2, 0) is 6.42 Å². The van der Waals surface area contributed by atoms with Gasteiger partial charge < -0.3 is 5.32 Å². The first-order valence-corrected chi connectivity index (χ1v) is 5.75. The van der Waals surface area contributed by atoms with Crippen molar-refractivity contribution in [2.24, 2.45) is 0 Å². The molecule has 0 aliphatic heterocycles. The maximum Gasteiger partial charge on any atom is 0.168 e. The fourth-order valence-corrected chi connectivity index (χ4v) is 1.74. The van der Waals surface area contributed by atoms with Crippen molar-refractivity contribution in [1.82, 2.24) is 4.98 Å². The molecule has 0 atom stereocenters. The predicted molar refractivity (Wildman–Crippen MR) is 67.5 cm³/mol. The second-order valence-corrected chi connectivity index (χ2v) is 4.15. The van der Waals surface area contributed by atoms with E-state index in [-0.39, 0.29) is 5.82 Å². The quantitative estimate of drug-likeness (QED) is 0.897. The van der Waals surface area contributed by atoms with E-state index in [1.807, 2.05) is 25.1 Å². The molecule has 2 nitrogen and oxygen atoms in total. The number of pyridine rings is 1. The van der Waals surface area contributed by atoms with E-state index in [2.05, 4.69) is 16.4 Å². The van der Waals surface area contributed by atoms with Gasteiger partial charge in [0.15, 0.2) is 11.6 Å². The average Bonchev–Trinajstić information content (AvgIpc) is 2.32. The highest BCUT2D eigenvalue weighted by Crippen LogP contribution is 2.11. The van der Waals surface area contributed by atoms with Gasteiger partial charge in [-0.1, -0.05) is 29.8 Å². The highest BCUT2D eigenvalue weighted by Gasteiger charge is 2.04. The number of aryl methyl sites for hydroxylation is 1. The number of benzene rings is 1. The van der Waals surface area contributed by atoms with Gasteiger partial charge in [0.1, 0.15) is 5.82 Å². The van der Waals surface area contributed by atoms with Gasteiger partial charge in [0.2, 0.25) is 0 Å². The number of hydrogen-bond acceptors (Lipinski definition) is 2. The van der Waals surface area contributed by atoms with E-state index in [1.165, 1.54) is 11.1 Å². The van der Waals surface area contributed by atoms with Crippen LogP contribution in [0.25, 0.3) is 0 Å². The van der Waals surface area contributed by atoms with Gasteiger partial charge in [-0.2, -0.15) is 0 Å². The molecule has 1 aromatic carbocycles. The van der Waals surface area contributed by atoms with Crippen molar-refractivity contribution >= 4 is 5.82 Å². The Bertz CT molecular complexity index is 541. The largest absolute Gasteiger partial charge is 0.367 e. The van der Waals surface area contributed by atoms with Crippen LogP contribution in [0.15, 0.2) is 36.5 Å². The summed E-state index contributed by atoms with van der Waals surface area (Å²) in [6, 6.07) is 8.93. The second kappa shape index (κ2) is 5.58. The molecular weight excluding hydrogens is 234 g/mol. The molecule has 1 heterocycles. The van der Waals surface area contributed by atoms with Gasteiger partial charge in [0.05, 0.1) is 6.20 Å². The van der Waals surface area contributed by atoms with Crippen molar-refractivity contribution < 1.29 is 8.78 Å². The molecule has 94 valence electrons. The fraction of sp³-hybridized carbons (Fsp3) is 0.214. The third-order valence-electron chi connectivity index (χ3n) is 2.60. The van der Waals surface area contributed by atoms with Crippen LogP contribution < -0.4 is 5.32 Å². The summed E-state index contributed by atoms with van der Waals surface area (Å²) in [5.41, 5.74) is 2.36. The summed E-state index contributed by atoms with van der Waals surface area (Å²) in [6.07, 6.45) is 1.76. The Morgan fingerprint density at radius 3 is 2.78 bits per heavy atom. The Balaban J connectivity index is 1.92. The van der Waals surface area contributed by atoms with E-state index in [4.69, 9.17) is 0 Å². The van der Waals surface area contributed by atoms with Crippen LogP contribution in [0.3, 0.4) is 0 Å². The van der Waals surface area contributed by atoms with Crippen molar-refractivity contribution in [2.75, 3.05) is 11.9 Å². The average molecular weight is 248 g/mol. The summed E-state index contributed by atoms with van der Waals surface area (Å²) in [5.74, 6) is -1.25. The molecule has 0 saturated heterocycles. The lowest BCUT2D eigenvalue weighted by atomic mass is 10.1. The standard InChI is InChI=1S/C14H14F2N2/c1-10-3-2-4-11(7-10)5-6-17-14-13(16)8-12(15)9-18-14/h2-4,7-9H,5-6H2,1H3,(H,17,18). The molecule has 0 fully saturated rings. The molecule has 0 amide bonds. The molecule has 2 aromatic rings. The number of rotatable bonds is 4. The Labute approximate surface area is 105 Å². The molecule has 0 saturated carbocycles. The molecule has 2 rings (SSSR count). The number of nitrogens with one attached hydrogen (secondary N) is 1. The van der Waals surface area contributed by atoms with Crippen LogP contribution >= 0.6 is 0 Å². The second-order valence-electron chi connectivity index (χ2n) is 4.15. The van der Waals surface area contributed by atoms with Gasteiger partial charge in [-0.05, 0) is 18.9 Å². The minimum absolute atomic E-state index is 0.0871. The molecular formula is C14H14F2N2. The van der Waals surface area contributed by atoms with E-state index in [0.29, 0.717) is 6.54 Å². The van der Waals surface area contributed by atoms with Gasteiger partial charge in [0, 0.05) is 12.6 Å². The van der Waals surface area contributed by atoms with Gasteiger partial charge in [-0.3, -0.25) is 0 Å². The number of aromatic nitrogens is 1. The summed E-state index contributed by atoms with van der Waals surface area (Å²) in [7, 11) is 0. The Hall–Kier alpha value is -1.97. The maximum atomic E-state index is 13.3. The van der Waals surface area contributed by atoms with E-state index in [9.17, 15) is 8.78 Å². The van der Waals surface area contributed by atoms with E-state index < -0.39 is 11.6 Å². The van der Waals surface area contributed by atoms with Crippen molar-refractivity contribution in [1.29, 1.82) is 0 Å². The minimum Gasteiger partial charge on any atom is -0.367 e. The minimum atomic E-state index is -0.670. The number of hydrogen-bond donors (Lipinski definition) is 1. The van der Waals surface area contributed by atoms with Crippen LogP contribution in [0.2, 0.25) is 0 Å². The molecule has 18 heavy (non-hydrogen) atoms. The molecule has 0 radical (unpaired) electrons. The zero-order valence-corrected chi connectivity index (χ0v) is 10.1. The van der Waals surface area contributed by atoms with Gasteiger partial charge >= 0.3 is 0 Å². The predicted octanol–water partition coefficient (Wildman–Crippen LogP) is 3.32. The Morgan fingerprint density at radius 1 is 1.22 bits per heavy atom. The normalized spacial score (nSPS) is 10.4. The van der Waals surface area contributed by atoms with Gasteiger partial charge in [-0.15, -0.1) is 0 Å². The van der Waals surface area contributed by atoms with Gasteiger partial charge in [0.25, 0.3) is 0 Å². The number of nitrogens with zero attached hydrogens (tertiary/aromatic N) is 1. The number of anilines is 1. The van der Waals surface area contributed by atoms with Crippen LogP contribution in [0.4, 0.5) is 14.6 Å². The molecule has 0 unspecified atom stereocenters. The first-order valence-electron chi connectivity index (χ1n) is 5.75. The van der Waals surface area contributed by atoms with Crippen molar-refractivity contribution in [2.45, 2.75) is 13.3 Å². The number of halogens is 2. The lowest BCUT2D eigenvalue weighted by molar-refractivity contribution is 0.575. The summed E-state index contributed by atoms with van der Waals surface area (Å²) < 4.78 is 25.9. The summed E-state index contributed by atoms with van der Waals surface area (Å²) in [6.45, 7) is 2.58. The van der Waals surface area contributed by atoms with Crippen molar-refractivity contribution in [3.63, 3.8) is 0 Å². The molecule has 4 heteroatoms.